The van der Waals surface area contributed by atoms with E-state index < -0.39 is 0 Å². The zero-order chi connectivity index (χ0) is 10.8. The van der Waals surface area contributed by atoms with E-state index in [-0.39, 0.29) is 0 Å². The van der Waals surface area contributed by atoms with Crippen LogP contribution in [0.1, 0.15) is 0 Å². The lowest BCUT2D eigenvalue weighted by Crippen LogP contribution is -1.78. The van der Waals surface area contributed by atoms with Gasteiger partial charge in [0.25, 0.3) is 0 Å². The second kappa shape index (κ2) is 4.69. The predicted molar refractivity (Wildman–Crippen MR) is 72.3 cm³/mol. The van der Waals surface area contributed by atoms with Gasteiger partial charge in [0.2, 0.25) is 0 Å². The molecule has 0 radical (unpaired) electrons. The first-order valence-corrected chi connectivity index (χ1v) is 6.34. The zero-order valence-corrected chi connectivity index (χ0v) is 11.6. The SMILES string of the molecule is Clc1ccc(-c2ccc(Br)cc2)cc1Br. The molecule has 3 heteroatoms. The van der Waals surface area contributed by atoms with Crippen LogP contribution in [0.25, 0.3) is 11.1 Å². The van der Waals surface area contributed by atoms with Crippen LogP contribution in [0.15, 0.2) is 51.4 Å². The van der Waals surface area contributed by atoms with E-state index in [9.17, 15) is 0 Å². The normalized spacial score (nSPS) is 10.3. The molecule has 0 N–H and O–H groups in total. The van der Waals surface area contributed by atoms with Crippen LogP contribution in [0.4, 0.5) is 0 Å². The Bertz CT molecular complexity index is 477. The summed E-state index contributed by atoms with van der Waals surface area (Å²) in [6.07, 6.45) is 0. The lowest BCUT2D eigenvalue weighted by molar-refractivity contribution is 1.57. The molecule has 0 aliphatic rings. The molecule has 0 aliphatic carbocycles. The minimum atomic E-state index is 0.732. The smallest absolute Gasteiger partial charge is 0.0548 e. The van der Waals surface area contributed by atoms with Crippen LogP contribution in [-0.2, 0) is 0 Å². The van der Waals surface area contributed by atoms with Gasteiger partial charge in [0, 0.05) is 8.95 Å². The molecule has 76 valence electrons. The number of halogens is 3. The average Bonchev–Trinajstić information content (AvgIpc) is 2.23. The molecule has 0 aliphatic heterocycles. The highest BCUT2D eigenvalue weighted by Gasteiger charge is 2.01. The van der Waals surface area contributed by atoms with Crippen LogP contribution in [-0.4, -0.2) is 0 Å². The molecule has 0 spiro atoms. The fourth-order valence-corrected chi connectivity index (χ4v) is 2.08. The third-order valence-corrected chi connectivity index (χ3v) is 3.84. The Morgan fingerprint density at radius 2 is 1.40 bits per heavy atom. The van der Waals surface area contributed by atoms with E-state index in [0.29, 0.717) is 0 Å². The maximum absolute atomic E-state index is 5.94. The Labute approximate surface area is 111 Å². The third-order valence-electron chi connectivity index (χ3n) is 2.10. The Morgan fingerprint density at radius 3 is 2.00 bits per heavy atom. The van der Waals surface area contributed by atoms with Crippen LogP contribution in [0, 0.1) is 0 Å². The van der Waals surface area contributed by atoms with E-state index in [1.54, 1.807) is 0 Å². The fourth-order valence-electron chi connectivity index (χ4n) is 1.32. The summed E-state index contributed by atoms with van der Waals surface area (Å²) in [6, 6.07) is 14.1. The summed E-state index contributed by atoms with van der Waals surface area (Å²) in [5.74, 6) is 0. The Morgan fingerprint density at radius 1 is 0.800 bits per heavy atom. The van der Waals surface area contributed by atoms with E-state index in [2.05, 4.69) is 44.0 Å². The minimum Gasteiger partial charge on any atom is -0.0831 e. The average molecular weight is 346 g/mol. The maximum atomic E-state index is 5.94. The summed E-state index contributed by atoms with van der Waals surface area (Å²) in [5.41, 5.74) is 2.33. The number of hydrogen-bond donors (Lipinski definition) is 0. The van der Waals surface area contributed by atoms with Crippen molar-refractivity contribution < 1.29 is 0 Å². The van der Waals surface area contributed by atoms with Crippen LogP contribution < -0.4 is 0 Å². The molecule has 0 unspecified atom stereocenters. The van der Waals surface area contributed by atoms with E-state index in [0.717, 1.165) is 19.5 Å². The fraction of sp³-hybridized carbons (Fsp3) is 0. The van der Waals surface area contributed by atoms with Gasteiger partial charge in [-0.3, -0.25) is 0 Å². The van der Waals surface area contributed by atoms with Crippen LogP contribution in [0.5, 0.6) is 0 Å². The van der Waals surface area contributed by atoms with Crippen LogP contribution >= 0.6 is 43.5 Å². The van der Waals surface area contributed by atoms with E-state index in [1.807, 2.05) is 30.3 Å². The van der Waals surface area contributed by atoms with Gasteiger partial charge in [-0.25, -0.2) is 0 Å². The van der Waals surface area contributed by atoms with E-state index in [1.165, 1.54) is 5.56 Å². The first-order valence-electron chi connectivity index (χ1n) is 4.38. The quantitative estimate of drug-likeness (QED) is 0.637. The van der Waals surface area contributed by atoms with Crippen molar-refractivity contribution in [2.75, 3.05) is 0 Å². The van der Waals surface area contributed by atoms with Gasteiger partial charge >= 0.3 is 0 Å². The van der Waals surface area contributed by atoms with Gasteiger partial charge in [-0.2, -0.15) is 0 Å². The van der Waals surface area contributed by atoms with Crippen molar-refractivity contribution in [1.82, 2.24) is 0 Å². The van der Waals surface area contributed by atoms with Crippen molar-refractivity contribution in [1.29, 1.82) is 0 Å². The van der Waals surface area contributed by atoms with Crippen molar-refractivity contribution in [2.24, 2.45) is 0 Å². The molecule has 0 aromatic heterocycles. The van der Waals surface area contributed by atoms with Crippen molar-refractivity contribution in [3.05, 3.63) is 56.4 Å². The maximum Gasteiger partial charge on any atom is 0.0548 e. The molecule has 0 nitrogen and oxygen atoms in total. The van der Waals surface area contributed by atoms with Gasteiger partial charge in [0.05, 0.1) is 5.02 Å². The molecule has 0 bridgehead atoms. The molecular formula is C12H7Br2Cl. The number of rotatable bonds is 1. The first kappa shape index (κ1) is 11.2. The van der Waals surface area contributed by atoms with Crippen molar-refractivity contribution >= 4 is 43.5 Å². The first-order chi connectivity index (χ1) is 7.16. The summed E-state index contributed by atoms with van der Waals surface area (Å²) in [4.78, 5) is 0. The summed E-state index contributed by atoms with van der Waals surface area (Å²) < 4.78 is 2.00. The van der Waals surface area contributed by atoms with Gasteiger partial charge < -0.3 is 0 Å². The highest BCUT2D eigenvalue weighted by molar-refractivity contribution is 9.10. The molecule has 2 rings (SSSR count). The van der Waals surface area contributed by atoms with Crippen LogP contribution in [0.3, 0.4) is 0 Å². The molecular weight excluding hydrogens is 339 g/mol. The summed E-state index contributed by atoms with van der Waals surface area (Å²) in [7, 11) is 0. The summed E-state index contributed by atoms with van der Waals surface area (Å²) in [5, 5.41) is 0.732. The molecule has 0 saturated heterocycles. The van der Waals surface area contributed by atoms with Gasteiger partial charge in [0.1, 0.15) is 0 Å². The molecule has 0 amide bonds. The molecule has 0 fully saturated rings. The standard InChI is InChI=1S/C12H7Br2Cl/c13-10-4-1-8(2-5-10)9-3-6-12(15)11(14)7-9/h1-7H. The second-order valence-electron chi connectivity index (χ2n) is 3.14. The third kappa shape index (κ3) is 2.63. The largest absolute Gasteiger partial charge is 0.0831 e. The number of hydrogen-bond acceptors (Lipinski definition) is 0. The number of benzene rings is 2. The van der Waals surface area contributed by atoms with Crippen molar-refractivity contribution in [3.8, 4) is 11.1 Å². The Kier molecular flexibility index (Phi) is 3.49. The van der Waals surface area contributed by atoms with Gasteiger partial charge in [-0.15, -0.1) is 0 Å². The zero-order valence-electron chi connectivity index (χ0n) is 7.68. The lowest BCUT2D eigenvalue weighted by atomic mass is 10.1. The van der Waals surface area contributed by atoms with Gasteiger partial charge in [-0.05, 0) is 51.3 Å². The molecule has 0 heterocycles. The van der Waals surface area contributed by atoms with Crippen molar-refractivity contribution in [2.45, 2.75) is 0 Å². The van der Waals surface area contributed by atoms with E-state index in [4.69, 9.17) is 11.6 Å². The lowest BCUT2D eigenvalue weighted by Gasteiger charge is -2.03. The minimum absolute atomic E-state index is 0.732. The van der Waals surface area contributed by atoms with Gasteiger partial charge in [0.15, 0.2) is 0 Å². The molecule has 15 heavy (non-hydrogen) atoms. The molecule has 0 saturated carbocycles. The molecule has 2 aromatic rings. The summed E-state index contributed by atoms with van der Waals surface area (Å²) in [6.45, 7) is 0. The predicted octanol–water partition coefficient (Wildman–Crippen LogP) is 5.53. The van der Waals surface area contributed by atoms with Gasteiger partial charge in [-0.1, -0.05) is 45.7 Å². The van der Waals surface area contributed by atoms with Crippen LogP contribution in [0.2, 0.25) is 5.02 Å². The topological polar surface area (TPSA) is 0 Å². The van der Waals surface area contributed by atoms with Crippen molar-refractivity contribution in [3.63, 3.8) is 0 Å². The highest BCUT2D eigenvalue weighted by Crippen LogP contribution is 2.29. The monoisotopic (exact) mass is 344 g/mol. The molecule has 0 atom stereocenters. The second-order valence-corrected chi connectivity index (χ2v) is 5.31. The highest BCUT2D eigenvalue weighted by atomic mass is 79.9. The Balaban J connectivity index is 2.45. The molecule has 2 aromatic carbocycles. The summed E-state index contributed by atoms with van der Waals surface area (Å²) >= 11 is 12.8. The van der Waals surface area contributed by atoms with E-state index >= 15 is 0 Å². The Hall–Kier alpha value is -0.310.